The predicted octanol–water partition coefficient (Wildman–Crippen LogP) is 2.83. The second-order valence-electron chi connectivity index (χ2n) is 5.22. The van der Waals surface area contributed by atoms with Gasteiger partial charge in [-0.3, -0.25) is 0 Å². The van der Waals surface area contributed by atoms with Gasteiger partial charge in [-0.15, -0.1) is 0 Å². The first kappa shape index (κ1) is 12.7. The summed E-state index contributed by atoms with van der Waals surface area (Å²) in [5, 5.41) is 14.2. The Labute approximate surface area is 121 Å². The number of aromatic nitrogens is 2. The summed E-state index contributed by atoms with van der Waals surface area (Å²) in [5.41, 5.74) is 3.26. The quantitative estimate of drug-likeness (QED) is 0.643. The first-order valence-electron chi connectivity index (χ1n) is 6.80. The molecule has 96 valence electrons. The monoisotopic (exact) mass is 315 g/mol. The molecular weight excluding hydrogens is 301 g/mol. The molecule has 0 amide bonds. The third kappa shape index (κ3) is 2.30. The zero-order valence-corrected chi connectivity index (χ0v) is 12.5. The van der Waals surface area contributed by atoms with Gasteiger partial charge in [0.05, 0.1) is 11.2 Å². The van der Waals surface area contributed by atoms with Gasteiger partial charge in [0.1, 0.15) is 4.60 Å². The number of fused-ring (bicyclic) bond motifs is 1. The molecule has 1 saturated carbocycles. The van der Waals surface area contributed by atoms with E-state index >= 15 is 0 Å². The largest absolute Gasteiger partial charge is 0.304 e. The van der Waals surface area contributed by atoms with Gasteiger partial charge in [-0.1, -0.05) is 32.2 Å². The van der Waals surface area contributed by atoms with Gasteiger partial charge in [0, 0.05) is 5.97 Å². The average Bonchev–Trinajstić information content (AvgIpc) is 3.15. The van der Waals surface area contributed by atoms with Crippen LogP contribution >= 0.6 is 15.9 Å². The summed E-state index contributed by atoms with van der Waals surface area (Å²) in [6.07, 6.45) is 4.41. The molecule has 0 unspecified atom stereocenters. The van der Waals surface area contributed by atoms with Gasteiger partial charge < -0.3 is 0 Å². The van der Waals surface area contributed by atoms with Crippen LogP contribution in [0.2, 0.25) is 6.32 Å². The molecular formula is C14H15BBrN3. The zero-order chi connectivity index (χ0) is 13.4. The third-order valence-electron chi connectivity index (χ3n) is 3.83. The molecule has 19 heavy (non-hydrogen) atoms. The molecule has 3 rings (SSSR count). The van der Waals surface area contributed by atoms with Crippen molar-refractivity contribution in [3.05, 3.63) is 28.5 Å². The molecule has 1 fully saturated rings. The lowest BCUT2D eigenvalue weighted by Gasteiger charge is -2.05. The van der Waals surface area contributed by atoms with Crippen molar-refractivity contribution in [3.8, 4) is 5.97 Å². The molecule has 2 aromatic rings. The Kier molecular flexibility index (Phi) is 3.36. The molecule has 5 heteroatoms. The summed E-state index contributed by atoms with van der Waals surface area (Å²) in [5.74, 6) is 3.24. The van der Waals surface area contributed by atoms with Crippen molar-refractivity contribution in [2.45, 2.75) is 32.5 Å². The van der Waals surface area contributed by atoms with Crippen LogP contribution in [0.3, 0.4) is 0 Å². The first-order chi connectivity index (χ1) is 9.24. The lowest BCUT2D eigenvalue weighted by molar-refractivity contribution is 0.881. The van der Waals surface area contributed by atoms with E-state index in [-0.39, 0.29) is 6.71 Å². The molecule has 0 bridgehead atoms. The molecule has 2 heterocycles. The van der Waals surface area contributed by atoms with E-state index in [4.69, 9.17) is 0 Å². The lowest BCUT2D eigenvalue weighted by atomic mass is 9.42. The number of halogens is 1. The summed E-state index contributed by atoms with van der Waals surface area (Å²) in [6, 6.07) is 6.05. The van der Waals surface area contributed by atoms with Crippen molar-refractivity contribution in [2.24, 2.45) is 5.92 Å². The Morgan fingerprint density at radius 1 is 1.53 bits per heavy atom. The molecule has 3 nitrogen and oxygen atoms in total. The average molecular weight is 316 g/mol. The van der Waals surface area contributed by atoms with E-state index < -0.39 is 0 Å². The van der Waals surface area contributed by atoms with Gasteiger partial charge in [-0.2, -0.15) is 5.10 Å². The summed E-state index contributed by atoms with van der Waals surface area (Å²) < 4.78 is 2.85. The van der Waals surface area contributed by atoms with E-state index in [1.807, 2.05) is 16.6 Å². The Morgan fingerprint density at radius 2 is 2.32 bits per heavy atom. The Morgan fingerprint density at radius 3 is 2.95 bits per heavy atom. The van der Waals surface area contributed by atoms with Gasteiger partial charge >= 0.3 is 6.71 Å². The minimum atomic E-state index is -0.0192. The van der Waals surface area contributed by atoms with Crippen LogP contribution in [-0.2, 0) is 6.42 Å². The van der Waals surface area contributed by atoms with Gasteiger partial charge in [0.25, 0.3) is 0 Å². The molecule has 1 aliphatic rings. The molecule has 0 aliphatic heterocycles. The number of nitrogens with zero attached hydrogens (tertiary/aromatic N) is 3. The smallest absolute Gasteiger partial charge is 0.227 e. The van der Waals surface area contributed by atoms with Gasteiger partial charge in [0.2, 0.25) is 0 Å². The third-order valence-corrected chi connectivity index (χ3v) is 4.43. The van der Waals surface area contributed by atoms with E-state index in [1.54, 1.807) is 0 Å². The van der Waals surface area contributed by atoms with E-state index in [1.165, 1.54) is 12.8 Å². The van der Waals surface area contributed by atoms with Crippen molar-refractivity contribution in [1.29, 1.82) is 5.26 Å². The standard InChI is InChI=1S/C14H15BBrN3/c1-2-11-14(15(9-17)8-10-6-7-10)12-4-3-5-13(16)19(12)18-11/h3-5,10H,2,6-8H2,1H3. The van der Waals surface area contributed by atoms with Gasteiger partial charge in [0.15, 0.2) is 0 Å². The molecule has 0 N–H and O–H groups in total. The van der Waals surface area contributed by atoms with Crippen molar-refractivity contribution in [1.82, 2.24) is 9.61 Å². The van der Waals surface area contributed by atoms with E-state index in [0.29, 0.717) is 0 Å². The van der Waals surface area contributed by atoms with Gasteiger partial charge in [-0.25, -0.2) is 9.78 Å². The number of hydrogen-bond donors (Lipinski definition) is 0. The zero-order valence-electron chi connectivity index (χ0n) is 10.9. The van der Waals surface area contributed by atoms with Crippen LogP contribution in [0.1, 0.15) is 25.5 Å². The topological polar surface area (TPSA) is 41.1 Å². The molecule has 0 spiro atoms. The number of aryl methyl sites for hydroxylation is 1. The highest BCUT2D eigenvalue weighted by Gasteiger charge is 2.32. The normalized spacial score (nSPS) is 14.6. The van der Waals surface area contributed by atoms with Crippen LogP contribution in [0, 0.1) is 17.1 Å². The minimum absolute atomic E-state index is 0.0192. The van der Waals surface area contributed by atoms with E-state index in [0.717, 1.165) is 39.9 Å². The van der Waals surface area contributed by atoms with E-state index in [9.17, 15) is 5.26 Å². The number of rotatable bonds is 4. The van der Waals surface area contributed by atoms with Crippen LogP contribution in [0.25, 0.3) is 5.52 Å². The van der Waals surface area contributed by atoms with Crippen LogP contribution in [0.4, 0.5) is 0 Å². The second-order valence-corrected chi connectivity index (χ2v) is 6.03. The summed E-state index contributed by atoms with van der Waals surface area (Å²) in [6.45, 7) is 2.08. The fraction of sp³-hybridized carbons (Fsp3) is 0.429. The van der Waals surface area contributed by atoms with Crippen molar-refractivity contribution < 1.29 is 0 Å². The first-order valence-corrected chi connectivity index (χ1v) is 7.59. The molecule has 0 atom stereocenters. The highest BCUT2D eigenvalue weighted by atomic mass is 79.9. The number of hydrogen-bond acceptors (Lipinski definition) is 2. The molecule has 2 aromatic heterocycles. The summed E-state index contributed by atoms with van der Waals surface area (Å²) in [4.78, 5) is 0. The lowest BCUT2D eigenvalue weighted by Crippen LogP contribution is -2.31. The Balaban J connectivity index is 2.14. The molecule has 0 radical (unpaired) electrons. The fourth-order valence-electron chi connectivity index (χ4n) is 2.67. The minimum Gasteiger partial charge on any atom is -0.227 e. The highest BCUT2D eigenvalue weighted by molar-refractivity contribution is 9.10. The summed E-state index contributed by atoms with van der Waals surface area (Å²) in [7, 11) is 0. The van der Waals surface area contributed by atoms with Gasteiger partial charge in [-0.05, 0) is 45.9 Å². The van der Waals surface area contributed by atoms with Crippen LogP contribution in [0.15, 0.2) is 22.8 Å². The van der Waals surface area contributed by atoms with E-state index in [2.05, 4.69) is 40.0 Å². The van der Waals surface area contributed by atoms with Crippen LogP contribution in [0.5, 0.6) is 0 Å². The second kappa shape index (κ2) is 5.01. The summed E-state index contributed by atoms with van der Waals surface area (Å²) >= 11 is 3.53. The maximum atomic E-state index is 9.52. The maximum absolute atomic E-state index is 9.52. The number of pyridine rings is 1. The fourth-order valence-corrected chi connectivity index (χ4v) is 3.09. The molecule has 0 aromatic carbocycles. The van der Waals surface area contributed by atoms with Crippen molar-refractivity contribution >= 4 is 33.6 Å². The number of nitriles is 1. The SMILES string of the molecule is CCc1nn2c(Br)cccc2c1B(C#N)CC1CC1. The van der Waals surface area contributed by atoms with Crippen LogP contribution < -0.4 is 5.46 Å². The highest BCUT2D eigenvalue weighted by Crippen LogP contribution is 2.34. The maximum Gasteiger partial charge on any atom is 0.304 e. The molecule has 1 aliphatic carbocycles. The predicted molar refractivity (Wildman–Crippen MR) is 80.8 cm³/mol. The van der Waals surface area contributed by atoms with Crippen molar-refractivity contribution in [2.75, 3.05) is 0 Å². The Hall–Kier alpha value is -1.28. The van der Waals surface area contributed by atoms with Crippen LogP contribution in [-0.4, -0.2) is 16.3 Å². The van der Waals surface area contributed by atoms with Crippen molar-refractivity contribution in [3.63, 3.8) is 0 Å². The molecule has 0 saturated heterocycles. The Bertz CT molecular complexity index is 654.